The molecule has 3 atom stereocenters. The number of aromatic nitrogens is 3. The van der Waals surface area contributed by atoms with Gasteiger partial charge in [0, 0.05) is 3.92 Å². The highest BCUT2D eigenvalue weighted by molar-refractivity contribution is 14.1. The van der Waals surface area contributed by atoms with Gasteiger partial charge in [-0.1, -0.05) is 27.8 Å². The molecule has 1 heterocycles. The van der Waals surface area contributed by atoms with E-state index >= 15 is 0 Å². The van der Waals surface area contributed by atoms with Crippen molar-refractivity contribution >= 4 is 45.5 Å². The molecule has 3 rings (SSSR count). The second kappa shape index (κ2) is 3.57. The van der Waals surface area contributed by atoms with E-state index in [4.69, 9.17) is 0 Å². The van der Waals surface area contributed by atoms with E-state index in [0.717, 1.165) is 22.2 Å². The number of hydrogen-bond donors (Lipinski definition) is 0. The second-order valence-corrected chi connectivity index (χ2v) is 6.54. The molecule has 0 aliphatic heterocycles. The van der Waals surface area contributed by atoms with E-state index in [-0.39, 0.29) is 0 Å². The van der Waals surface area contributed by atoms with Gasteiger partial charge in [0.25, 0.3) is 0 Å². The highest BCUT2D eigenvalue weighted by Gasteiger charge is 2.47. The fourth-order valence-corrected chi connectivity index (χ4v) is 4.66. The Morgan fingerprint density at radius 3 is 2.71 bits per heavy atom. The Hall–Kier alpha value is 0.600. The van der Waals surface area contributed by atoms with Crippen molar-refractivity contribution in [3.63, 3.8) is 0 Å². The monoisotopic (exact) mass is 415 g/mol. The van der Waals surface area contributed by atoms with Crippen molar-refractivity contribution in [2.45, 2.75) is 29.6 Å². The van der Waals surface area contributed by atoms with Gasteiger partial charge in [-0.05, 0) is 37.5 Å². The lowest BCUT2D eigenvalue weighted by atomic mass is 10.0. The maximum Gasteiger partial charge on any atom is 0.0868 e. The number of nitrogens with zero attached hydrogens (tertiary/aromatic N) is 3. The molecule has 0 spiro atoms. The molecule has 5 heteroatoms. The third-order valence-corrected chi connectivity index (χ3v) is 6.08. The largest absolute Gasteiger partial charge is 0.188 e. The van der Waals surface area contributed by atoms with Crippen LogP contribution in [0, 0.1) is 11.8 Å². The minimum absolute atomic E-state index is 0.937. The van der Waals surface area contributed by atoms with Crippen LogP contribution in [0.15, 0.2) is 0 Å². The summed E-state index contributed by atoms with van der Waals surface area (Å²) in [6, 6.07) is 0. The van der Waals surface area contributed by atoms with Gasteiger partial charge >= 0.3 is 0 Å². The molecule has 1 aromatic heterocycles. The Labute approximate surface area is 111 Å². The van der Waals surface area contributed by atoms with Gasteiger partial charge in [-0.2, -0.15) is 2.90 Å². The van der Waals surface area contributed by atoms with E-state index in [2.05, 4.69) is 55.8 Å². The lowest BCUT2D eigenvalue weighted by Gasteiger charge is -2.06. The van der Waals surface area contributed by atoms with Crippen LogP contribution in [0.25, 0.3) is 0 Å². The maximum absolute atomic E-state index is 4.24. The molecule has 2 aliphatic rings. The van der Waals surface area contributed by atoms with E-state index in [9.17, 15) is 0 Å². The average Bonchev–Trinajstić information content (AvgIpc) is 2.58. The van der Waals surface area contributed by atoms with E-state index < -0.39 is 0 Å². The molecule has 0 N–H and O–H groups in total. The van der Waals surface area contributed by atoms with Crippen molar-refractivity contribution in [3.8, 4) is 0 Å². The molecule has 1 aromatic rings. The molecule has 0 radical (unpaired) electrons. The van der Waals surface area contributed by atoms with Crippen molar-refractivity contribution < 1.29 is 0 Å². The van der Waals surface area contributed by atoms with Crippen LogP contribution in [0.3, 0.4) is 0 Å². The van der Waals surface area contributed by atoms with Gasteiger partial charge in [0.1, 0.15) is 0 Å². The molecular weight excluding hydrogens is 404 g/mol. The van der Waals surface area contributed by atoms with Gasteiger partial charge in [-0.25, -0.2) is 0 Å². The average molecular weight is 415 g/mol. The summed E-state index contributed by atoms with van der Waals surface area (Å²) in [5.41, 5.74) is 2.60. The predicted octanol–water partition coefficient (Wildman–Crippen LogP) is 2.40. The van der Waals surface area contributed by atoms with Crippen LogP contribution in [0.1, 0.15) is 24.2 Å². The molecule has 3 nitrogen and oxygen atoms in total. The highest BCUT2D eigenvalue weighted by atomic mass is 127. The number of rotatable bonds is 0. The van der Waals surface area contributed by atoms with E-state index in [0.29, 0.717) is 0 Å². The maximum atomic E-state index is 4.24. The number of halogens is 2. The number of aryl methyl sites for hydroxylation is 1. The first-order valence-corrected chi connectivity index (χ1v) is 7.22. The van der Waals surface area contributed by atoms with Crippen molar-refractivity contribution in [1.82, 2.24) is 13.2 Å². The lowest BCUT2D eigenvalue weighted by molar-refractivity contribution is 0.578. The summed E-state index contributed by atoms with van der Waals surface area (Å²) in [6.45, 7) is 0. The predicted molar refractivity (Wildman–Crippen MR) is 70.9 cm³/mol. The first-order chi connectivity index (χ1) is 6.77. The van der Waals surface area contributed by atoms with Gasteiger partial charge in [0.2, 0.25) is 0 Å². The van der Waals surface area contributed by atoms with Gasteiger partial charge in [0.05, 0.1) is 34.3 Å². The Kier molecular flexibility index (Phi) is 2.50. The molecule has 2 aliphatic carbocycles. The van der Waals surface area contributed by atoms with E-state index in [1.165, 1.54) is 30.7 Å². The second-order valence-electron chi connectivity index (χ2n) is 4.19. The van der Waals surface area contributed by atoms with Gasteiger partial charge < -0.3 is 0 Å². The van der Waals surface area contributed by atoms with E-state index in [1.807, 2.05) is 2.90 Å². The van der Waals surface area contributed by atoms with Crippen LogP contribution < -0.4 is 0 Å². The quantitative estimate of drug-likeness (QED) is 0.482. The van der Waals surface area contributed by atoms with Crippen LogP contribution >= 0.6 is 45.5 Å². The summed E-state index contributed by atoms with van der Waals surface area (Å²) in [4.78, 5) is 0. The Bertz CT molecular complexity index is 363. The molecule has 0 aromatic carbocycles. The fourth-order valence-electron chi connectivity index (χ4n) is 2.49. The van der Waals surface area contributed by atoms with Crippen molar-refractivity contribution in [2.75, 3.05) is 0 Å². The normalized spacial score (nSPS) is 35.4. The number of hydrogen-bond acceptors (Lipinski definition) is 2. The summed E-state index contributed by atoms with van der Waals surface area (Å²) in [7, 11) is 0. The summed E-state index contributed by atoms with van der Waals surface area (Å²) < 4.78 is 2.87. The molecule has 14 heavy (non-hydrogen) atoms. The minimum Gasteiger partial charge on any atom is -0.188 e. The zero-order valence-corrected chi connectivity index (χ0v) is 12.0. The summed E-state index contributed by atoms with van der Waals surface area (Å²) in [6.07, 6.45) is 4.97. The summed E-state index contributed by atoms with van der Waals surface area (Å²) in [5.74, 6) is 1.96. The smallest absolute Gasteiger partial charge is 0.0868 e. The van der Waals surface area contributed by atoms with E-state index in [1.54, 1.807) is 0 Å². The topological polar surface area (TPSA) is 30.7 Å². The van der Waals surface area contributed by atoms with Crippen LogP contribution in [0.5, 0.6) is 0 Å². The Morgan fingerprint density at radius 1 is 1.21 bits per heavy atom. The first-order valence-electron chi connectivity index (χ1n) is 5.01. The van der Waals surface area contributed by atoms with Crippen LogP contribution in [-0.2, 0) is 12.8 Å². The highest BCUT2D eigenvalue weighted by Crippen LogP contribution is 2.52. The van der Waals surface area contributed by atoms with Crippen LogP contribution in [0.2, 0.25) is 0 Å². The molecular formula is C9H11I2N3. The van der Waals surface area contributed by atoms with Crippen molar-refractivity contribution in [2.24, 2.45) is 11.8 Å². The lowest BCUT2D eigenvalue weighted by Crippen LogP contribution is -2.02. The van der Waals surface area contributed by atoms with Gasteiger partial charge in [-0.3, -0.25) is 0 Å². The van der Waals surface area contributed by atoms with Crippen molar-refractivity contribution in [1.29, 1.82) is 0 Å². The first kappa shape index (κ1) is 9.80. The Morgan fingerprint density at radius 2 is 1.93 bits per heavy atom. The fraction of sp³-hybridized carbons (Fsp3) is 0.778. The molecule has 1 saturated carbocycles. The zero-order valence-electron chi connectivity index (χ0n) is 7.66. The molecule has 0 bridgehead atoms. The number of alkyl halides is 1. The molecule has 1 fully saturated rings. The molecule has 0 amide bonds. The molecule has 3 unspecified atom stereocenters. The van der Waals surface area contributed by atoms with Crippen LogP contribution in [-0.4, -0.2) is 17.1 Å². The summed E-state index contributed by atoms with van der Waals surface area (Å²) >= 11 is 4.85. The van der Waals surface area contributed by atoms with Crippen LogP contribution in [0.4, 0.5) is 0 Å². The number of fused-ring (bicyclic) bond motifs is 2. The zero-order chi connectivity index (χ0) is 9.71. The Balaban J connectivity index is 1.87. The summed E-state index contributed by atoms with van der Waals surface area (Å²) in [5, 5.41) is 8.33. The molecule has 0 saturated heterocycles. The third kappa shape index (κ3) is 1.50. The van der Waals surface area contributed by atoms with Gasteiger partial charge in [-0.15, -0.1) is 5.10 Å². The SMILES string of the molecule is IC1C2CCc3nnn(I)c3CCC12. The third-order valence-electron chi connectivity index (χ3n) is 3.46. The van der Waals surface area contributed by atoms with Crippen molar-refractivity contribution in [3.05, 3.63) is 11.4 Å². The molecule has 76 valence electrons. The standard InChI is InChI=1S/C9H11I2N3/c10-9-5-1-3-7-8(4-2-6(5)9)14(11)13-12-7/h5-6,9H,1-4H2. The van der Waals surface area contributed by atoms with Gasteiger partial charge in [0.15, 0.2) is 0 Å². The minimum atomic E-state index is 0.937.